The summed E-state index contributed by atoms with van der Waals surface area (Å²) in [5.41, 5.74) is -0.0169. The smallest absolute Gasteiger partial charge is 0.107 e. The predicted molar refractivity (Wildman–Crippen MR) is 70.0 cm³/mol. The Hall–Kier alpha value is -0.100. The van der Waals surface area contributed by atoms with E-state index in [4.69, 9.17) is 0 Å². The molecule has 1 aromatic rings. The van der Waals surface area contributed by atoms with E-state index in [0.717, 1.165) is 35.9 Å². The molecule has 0 atom stereocenters. The summed E-state index contributed by atoms with van der Waals surface area (Å²) in [4.78, 5) is 6.59. The summed E-state index contributed by atoms with van der Waals surface area (Å²) >= 11 is 3.67. The van der Waals surface area contributed by atoms with Gasteiger partial charge in [-0.2, -0.15) is 11.8 Å². The maximum atomic E-state index is 9.67. The number of thioether (sulfide) groups is 1. The maximum absolute atomic E-state index is 9.67. The zero-order chi connectivity index (χ0) is 11.4. The van der Waals surface area contributed by atoms with Gasteiger partial charge in [-0.1, -0.05) is 0 Å². The Bertz CT molecular complexity index is 310. The molecule has 1 N–H and O–H groups in total. The average molecular weight is 258 g/mol. The van der Waals surface area contributed by atoms with Crippen LogP contribution in [0.2, 0.25) is 0 Å². The van der Waals surface area contributed by atoms with Crippen molar-refractivity contribution in [3.63, 3.8) is 0 Å². The number of hydrogen-bond donors (Lipinski definition) is 1. The average Bonchev–Trinajstić information content (AvgIpc) is 2.82. The first-order valence-electron chi connectivity index (χ1n) is 5.55. The standard InChI is InChI=1S/C11H18N2OS2/c1-13(8-10-12-4-7-16-10)11(9-14)2-5-15-6-3-11/h4,7,14H,2-3,5-6,8-9H2,1H3. The lowest BCUT2D eigenvalue weighted by atomic mass is 9.91. The molecule has 3 nitrogen and oxygen atoms in total. The van der Waals surface area contributed by atoms with Gasteiger partial charge >= 0.3 is 0 Å². The van der Waals surface area contributed by atoms with Gasteiger partial charge in [-0.25, -0.2) is 4.98 Å². The molecule has 0 spiro atoms. The Morgan fingerprint density at radius 3 is 2.81 bits per heavy atom. The highest BCUT2D eigenvalue weighted by molar-refractivity contribution is 7.99. The van der Waals surface area contributed by atoms with Crippen LogP contribution < -0.4 is 0 Å². The fraction of sp³-hybridized carbons (Fsp3) is 0.727. The van der Waals surface area contributed by atoms with Crippen molar-refractivity contribution in [3.8, 4) is 0 Å². The molecule has 0 aliphatic carbocycles. The van der Waals surface area contributed by atoms with Gasteiger partial charge in [0.1, 0.15) is 5.01 Å². The fourth-order valence-electron chi connectivity index (χ4n) is 2.11. The molecule has 1 saturated heterocycles. The van der Waals surface area contributed by atoms with E-state index in [0.29, 0.717) is 0 Å². The summed E-state index contributed by atoms with van der Waals surface area (Å²) in [5, 5.41) is 12.8. The fourth-order valence-corrected chi connectivity index (χ4v) is 4.03. The third-order valence-electron chi connectivity index (χ3n) is 3.38. The minimum Gasteiger partial charge on any atom is -0.394 e. The minimum atomic E-state index is -0.0169. The molecule has 16 heavy (non-hydrogen) atoms. The largest absolute Gasteiger partial charge is 0.394 e. The van der Waals surface area contributed by atoms with Gasteiger partial charge in [0.05, 0.1) is 13.2 Å². The molecule has 1 fully saturated rings. The van der Waals surface area contributed by atoms with Gasteiger partial charge < -0.3 is 5.11 Å². The van der Waals surface area contributed by atoms with Crippen LogP contribution in [0.5, 0.6) is 0 Å². The number of aliphatic hydroxyl groups is 1. The number of rotatable bonds is 4. The first kappa shape index (κ1) is 12.4. The van der Waals surface area contributed by atoms with Crippen LogP contribution in [0, 0.1) is 0 Å². The molecule has 0 amide bonds. The number of nitrogens with zero attached hydrogens (tertiary/aromatic N) is 2. The van der Waals surface area contributed by atoms with E-state index in [1.165, 1.54) is 0 Å². The van der Waals surface area contributed by atoms with E-state index in [-0.39, 0.29) is 12.1 Å². The number of hydrogen-bond acceptors (Lipinski definition) is 5. The highest BCUT2D eigenvalue weighted by Gasteiger charge is 2.35. The van der Waals surface area contributed by atoms with E-state index >= 15 is 0 Å². The van der Waals surface area contributed by atoms with Crippen molar-refractivity contribution >= 4 is 23.1 Å². The molecule has 0 radical (unpaired) electrons. The van der Waals surface area contributed by atoms with Crippen LogP contribution in [-0.4, -0.2) is 45.7 Å². The Balaban J connectivity index is 2.02. The quantitative estimate of drug-likeness (QED) is 0.894. The first-order valence-corrected chi connectivity index (χ1v) is 7.58. The highest BCUT2D eigenvalue weighted by Crippen LogP contribution is 2.32. The van der Waals surface area contributed by atoms with Crippen LogP contribution in [0.4, 0.5) is 0 Å². The lowest BCUT2D eigenvalue weighted by molar-refractivity contribution is 0.0360. The molecule has 0 unspecified atom stereocenters. The van der Waals surface area contributed by atoms with E-state index in [1.807, 2.05) is 23.3 Å². The molecule has 1 aromatic heterocycles. The van der Waals surface area contributed by atoms with Crippen LogP contribution in [0.25, 0.3) is 0 Å². The Morgan fingerprint density at radius 1 is 1.50 bits per heavy atom. The third-order valence-corrected chi connectivity index (χ3v) is 5.13. The monoisotopic (exact) mass is 258 g/mol. The minimum absolute atomic E-state index is 0.0169. The van der Waals surface area contributed by atoms with Crippen molar-refractivity contribution in [1.29, 1.82) is 0 Å². The van der Waals surface area contributed by atoms with Gasteiger partial charge in [0.15, 0.2) is 0 Å². The topological polar surface area (TPSA) is 36.4 Å². The summed E-state index contributed by atoms with van der Waals surface area (Å²) in [6.45, 7) is 1.11. The van der Waals surface area contributed by atoms with E-state index in [1.54, 1.807) is 11.3 Å². The van der Waals surface area contributed by atoms with Gasteiger partial charge in [0.2, 0.25) is 0 Å². The van der Waals surface area contributed by atoms with Gasteiger partial charge in [-0.05, 0) is 31.4 Å². The van der Waals surface area contributed by atoms with Gasteiger partial charge in [0, 0.05) is 17.1 Å². The van der Waals surface area contributed by atoms with Crippen LogP contribution in [-0.2, 0) is 6.54 Å². The summed E-state index contributed by atoms with van der Waals surface area (Å²) in [5.74, 6) is 2.31. The van der Waals surface area contributed by atoms with E-state index in [9.17, 15) is 5.11 Å². The van der Waals surface area contributed by atoms with Gasteiger partial charge in [0.25, 0.3) is 0 Å². The van der Waals surface area contributed by atoms with Crippen molar-refractivity contribution in [1.82, 2.24) is 9.88 Å². The molecule has 90 valence electrons. The summed E-state index contributed by atoms with van der Waals surface area (Å²) in [7, 11) is 2.10. The first-order chi connectivity index (χ1) is 7.77. The molecule has 0 saturated carbocycles. The molecule has 0 bridgehead atoms. The van der Waals surface area contributed by atoms with Crippen molar-refractivity contribution in [2.45, 2.75) is 24.9 Å². The zero-order valence-electron chi connectivity index (χ0n) is 9.56. The molecule has 5 heteroatoms. The number of aliphatic hydroxyl groups excluding tert-OH is 1. The van der Waals surface area contributed by atoms with E-state index in [2.05, 4.69) is 16.9 Å². The van der Waals surface area contributed by atoms with Crippen LogP contribution in [0.15, 0.2) is 11.6 Å². The molecule has 1 aliphatic heterocycles. The summed E-state index contributed by atoms with van der Waals surface area (Å²) in [6.07, 6.45) is 4.00. The Labute approximate surface area is 105 Å². The molecule has 2 heterocycles. The third kappa shape index (κ3) is 2.59. The van der Waals surface area contributed by atoms with Crippen LogP contribution in [0.1, 0.15) is 17.8 Å². The Morgan fingerprint density at radius 2 is 2.25 bits per heavy atom. The number of thiazole rings is 1. The molecular weight excluding hydrogens is 240 g/mol. The SMILES string of the molecule is CN(Cc1nccs1)C1(CO)CCSCC1. The molecule has 1 aliphatic rings. The summed E-state index contributed by atoms with van der Waals surface area (Å²) in [6, 6.07) is 0. The highest BCUT2D eigenvalue weighted by atomic mass is 32.2. The second-order valence-corrected chi connectivity index (χ2v) is 6.48. The second-order valence-electron chi connectivity index (χ2n) is 4.28. The lowest BCUT2D eigenvalue weighted by Gasteiger charge is -2.42. The predicted octanol–water partition coefficient (Wildman–Crippen LogP) is 1.83. The lowest BCUT2D eigenvalue weighted by Crippen LogP contribution is -2.51. The number of aromatic nitrogens is 1. The van der Waals surface area contributed by atoms with Crippen molar-refractivity contribution in [2.24, 2.45) is 0 Å². The van der Waals surface area contributed by atoms with Crippen LogP contribution >= 0.6 is 23.1 Å². The number of likely N-dealkylation sites (N-methyl/N-ethyl adjacent to an activating group) is 1. The molecule has 0 aromatic carbocycles. The molecule has 2 rings (SSSR count). The van der Waals surface area contributed by atoms with E-state index < -0.39 is 0 Å². The zero-order valence-corrected chi connectivity index (χ0v) is 11.2. The normalized spacial score (nSPS) is 20.2. The van der Waals surface area contributed by atoms with Crippen molar-refractivity contribution in [2.75, 3.05) is 25.2 Å². The van der Waals surface area contributed by atoms with Crippen molar-refractivity contribution < 1.29 is 5.11 Å². The summed E-state index contributed by atoms with van der Waals surface area (Å²) < 4.78 is 0. The Kier molecular flexibility index (Phi) is 4.24. The van der Waals surface area contributed by atoms with Crippen molar-refractivity contribution in [3.05, 3.63) is 16.6 Å². The van der Waals surface area contributed by atoms with Gasteiger partial charge in [-0.15, -0.1) is 11.3 Å². The molecular formula is C11H18N2OS2. The van der Waals surface area contributed by atoms with Gasteiger partial charge in [-0.3, -0.25) is 4.90 Å². The second kappa shape index (κ2) is 5.49. The van der Waals surface area contributed by atoms with Crippen LogP contribution in [0.3, 0.4) is 0 Å². The maximum Gasteiger partial charge on any atom is 0.107 e.